The van der Waals surface area contributed by atoms with Crippen LogP contribution in [0.3, 0.4) is 0 Å². The van der Waals surface area contributed by atoms with Crippen LogP contribution >= 0.6 is 22.7 Å². The fourth-order valence-corrected chi connectivity index (χ4v) is 5.31. The zero-order chi connectivity index (χ0) is 16.3. The van der Waals surface area contributed by atoms with Gasteiger partial charge in [-0.25, -0.2) is 4.98 Å². The number of carbonyl (C=O) groups is 1. The van der Waals surface area contributed by atoms with Gasteiger partial charge in [-0.3, -0.25) is 4.79 Å². The van der Waals surface area contributed by atoms with Crippen LogP contribution in [0.15, 0.2) is 12.3 Å². The largest absolute Gasteiger partial charge is 0.483 e. The fourth-order valence-electron chi connectivity index (χ4n) is 3.15. The van der Waals surface area contributed by atoms with Crippen molar-refractivity contribution in [2.24, 2.45) is 0 Å². The van der Waals surface area contributed by atoms with E-state index in [1.807, 2.05) is 17.5 Å². The number of ether oxygens (including phenoxy) is 1. The molecule has 1 fully saturated rings. The molecule has 2 aromatic heterocycles. The highest BCUT2D eigenvalue weighted by Crippen LogP contribution is 2.47. The summed E-state index contributed by atoms with van der Waals surface area (Å²) in [7, 11) is 0. The van der Waals surface area contributed by atoms with Crippen LogP contribution < -0.4 is 11.1 Å². The summed E-state index contributed by atoms with van der Waals surface area (Å²) >= 11 is 3.43. The zero-order valence-corrected chi connectivity index (χ0v) is 14.2. The second kappa shape index (κ2) is 6.96. The molecule has 0 radical (unpaired) electrons. The Morgan fingerprint density at radius 3 is 2.74 bits per heavy atom. The van der Waals surface area contributed by atoms with Gasteiger partial charge in [-0.2, -0.15) is 0 Å². The molecule has 124 valence electrons. The highest BCUT2D eigenvalue weighted by atomic mass is 32.1. The Labute approximate surface area is 142 Å². The maximum atomic E-state index is 8.36. The van der Waals surface area contributed by atoms with Crippen LogP contribution in [0.2, 0.25) is 0 Å². The molecule has 4 rings (SSSR count). The van der Waals surface area contributed by atoms with Crippen LogP contribution in [0.25, 0.3) is 9.75 Å². The number of thiazole rings is 1. The zero-order valence-electron chi connectivity index (χ0n) is 12.6. The lowest BCUT2D eigenvalue weighted by molar-refractivity contribution is -0.122. The van der Waals surface area contributed by atoms with E-state index in [0.29, 0.717) is 5.13 Å². The summed E-state index contributed by atoms with van der Waals surface area (Å²) in [5.41, 5.74) is 7.17. The van der Waals surface area contributed by atoms with Crippen molar-refractivity contribution in [3.05, 3.63) is 22.7 Å². The molecule has 4 heterocycles. The third kappa shape index (κ3) is 3.25. The van der Waals surface area contributed by atoms with Crippen molar-refractivity contribution in [2.75, 3.05) is 25.4 Å². The van der Waals surface area contributed by atoms with Gasteiger partial charge in [0.25, 0.3) is 6.47 Å². The maximum Gasteiger partial charge on any atom is 0.290 e. The van der Waals surface area contributed by atoms with Gasteiger partial charge in [-0.1, -0.05) is 11.3 Å². The van der Waals surface area contributed by atoms with Crippen molar-refractivity contribution in [3.8, 4) is 9.75 Å². The van der Waals surface area contributed by atoms with Crippen LogP contribution in [-0.4, -0.2) is 36.3 Å². The number of aromatic nitrogens is 1. The Balaban J connectivity index is 0.000000485. The molecule has 0 bridgehead atoms. The summed E-state index contributed by atoms with van der Waals surface area (Å²) in [4.78, 5) is 16.4. The van der Waals surface area contributed by atoms with Gasteiger partial charge in [0.05, 0.1) is 11.5 Å². The number of nitrogens with one attached hydrogen (secondary N) is 1. The number of piperidine rings is 1. The molecule has 4 N–H and O–H groups in total. The smallest absolute Gasteiger partial charge is 0.290 e. The first kappa shape index (κ1) is 16.4. The van der Waals surface area contributed by atoms with Crippen LogP contribution in [0, 0.1) is 0 Å². The van der Waals surface area contributed by atoms with Gasteiger partial charge in [0, 0.05) is 16.0 Å². The van der Waals surface area contributed by atoms with Crippen LogP contribution in [-0.2, 0) is 21.6 Å². The number of anilines is 1. The van der Waals surface area contributed by atoms with Crippen molar-refractivity contribution in [1.29, 1.82) is 0 Å². The van der Waals surface area contributed by atoms with Gasteiger partial charge >= 0.3 is 0 Å². The van der Waals surface area contributed by atoms with E-state index < -0.39 is 0 Å². The van der Waals surface area contributed by atoms with Gasteiger partial charge < -0.3 is 20.9 Å². The Morgan fingerprint density at radius 2 is 2.09 bits per heavy atom. The predicted molar refractivity (Wildman–Crippen MR) is 92.0 cm³/mol. The van der Waals surface area contributed by atoms with Crippen LogP contribution in [0.1, 0.15) is 23.3 Å². The number of nitrogens with two attached hydrogens (primary N) is 1. The number of nitrogen functional groups attached to an aromatic ring is 1. The second-order valence-electron chi connectivity index (χ2n) is 5.48. The Morgan fingerprint density at radius 1 is 1.35 bits per heavy atom. The first-order chi connectivity index (χ1) is 11.2. The maximum absolute atomic E-state index is 8.36. The third-order valence-corrected chi connectivity index (χ3v) is 6.54. The molecule has 2 aromatic rings. The van der Waals surface area contributed by atoms with Crippen LogP contribution in [0.5, 0.6) is 0 Å². The molecule has 2 aliphatic heterocycles. The molecule has 0 saturated carbocycles. The molecular weight excluding hydrogens is 334 g/mol. The van der Waals surface area contributed by atoms with Crippen molar-refractivity contribution in [3.63, 3.8) is 0 Å². The summed E-state index contributed by atoms with van der Waals surface area (Å²) in [6, 6.07) is 2.32. The van der Waals surface area contributed by atoms with E-state index in [9.17, 15) is 0 Å². The molecule has 0 aliphatic carbocycles. The minimum Gasteiger partial charge on any atom is -0.483 e. The monoisotopic (exact) mass is 353 g/mol. The first-order valence-electron chi connectivity index (χ1n) is 7.46. The summed E-state index contributed by atoms with van der Waals surface area (Å²) in [6.07, 6.45) is 5.05. The lowest BCUT2D eigenvalue weighted by Crippen LogP contribution is -2.43. The number of rotatable bonds is 1. The van der Waals surface area contributed by atoms with Gasteiger partial charge in [-0.15, -0.1) is 11.3 Å². The van der Waals surface area contributed by atoms with Gasteiger partial charge in [0.2, 0.25) is 0 Å². The van der Waals surface area contributed by atoms with E-state index >= 15 is 0 Å². The summed E-state index contributed by atoms with van der Waals surface area (Å²) in [5.74, 6) is 0. The standard InChI is InChI=1S/C14H17N3OS2.CH2O2/c15-13-17-8-11(20-13)10-7-9-1-6-18-14(12(9)19-10)2-4-16-5-3-14;2-1-3/h7-8,16H,1-6H2,(H2,15,17);1H,(H,2,3). The van der Waals surface area contributed by atoms with Crippen molar-refractivity contribution >= 4 is 34.3 Å². The highest BCUT2D eigenvalue weighted by molar-refractivity contribution is 7.23. The summed E-state index contributed by atoms with van der Waals surface area (Å²) in [5, 5.41) is 11.0. The number of hydrogen-bond acceptors (Lipinski definition) is 7. The Hall–Kier alpha value is -1.48. The summed E-state index contributed by atoms with van der Waals surface area (Å²) < 4.78 is 6.22. The normalized spacial score (nSPS) is 18.8. The Bertz CT molecular complexity index is 677. The minimum absolute atomic E-state index is 0.0437. The van der Waals surface area contributed by atoms with E-state index in [4.69, 9.17) is 20.4 Å². The topological polar surface area (TPSA) is 97.5 Å². The molecule has 0 atom stereocenters. The molecule has 23 heavy (non-hydrogen) atoms. The fraction of sp³-hybridized carbons (Fsp3) is 0.467. The van der Waals surface area contributed by atoms with E-state index in [2.05, 4.69) is 16.4 Å². The van der Waals surface area contributed by atoms with Gasteiger partial charge in [-0.05, 0) is 44.0 Å². The molecule has 8 heteroatoms. The molecule has 2 aliphatic rings. The second-order valence-corrected chi connectivity index (χ2v) is 7.59. The van der Waals surface area contributed by atoms with E-state index in [1.165, 1.54) is 20.2 Å². The van der Waals surface area contributed by atoms with Gasteiger partial charge in [0.15, 0.2) is 5.13 Å². The lowest BCUT2D eigenvalue weighted by Gasteiger charge is -2.40. The minimum atomic E-state index is -0.250. The quantitative estimate of drug-likeness (QED) is 0.681. The molecule has 0 unspecified atom stereocenters. The highest BCUT2D eigenvalue weighted by Gasteiger charge is 2.40. The van der Waals surface area contributed by atoms with Crippen LogP contribution in [0.4, 0.5) is 5.13 Å². The van der Waals surface area contributed by atoms with Gasteiger partial charge in [0.1, 0.15) is 5.60 Å². The van der Waals surface area contributed by atoms with Crippen molar-refractivity contribution in [2.45, 2.75) is 24.9 Å². The molecule has 1 spiro atoms. The number of hydrogen-bond donors (Lipinski definition) is 3. The SMILES string of the molecule is Nc1ncc(-c2cc3c(s2)C2(CCNCC2)OCC3)s1.O=CO. The van der Waals surface area contributed by atoms with E-state index in [1.54, 1.807) is 11.3 Å². The van der Waals surface area contributed by atoms with E-state index in [-0.39, 0.29) is 12.1 Å². The Kier molecular flexibility index (Phi) is 4.96. The molecular formula is C15H19N3O3S2. The molecule has 0 amide bonds. The first-order valence-corrected chi connectivity index (χ1v) is 9.09. The van der Waals surface area contributed by atoms with Crippen molar-refractivity contribution in [1.82, 2.24) is 10.3 Å². The van der Waals surface area contributed by atoms with E-state index in [0.717, 1.165) is 39.0 Å². The lowest BCUT2D eigenvalue weighted by atomic mass is 9.86. The molecule has 0 aromatic carbocycles. The molecule has 1 saturated heterocycles. The number of nitrogens with zero attached hydrogens (tertiary/aromatic N) is 1. The molecule has 6 nitrogen and oxygen atoms in total. The van der Waals surface area contributed by atoms with Crippen molar-refractivity contribution < 1.29 is 14.6 Å². The predicted octanol–water partition coefficient (Wildman–Crippen LogP) is 2.31. The third-order valence-electron chi connectivity index (χ3n) is 4.15. The number of fused-ring (bicyclic) bond motifs is 2. The average Bonchev–Trinajstić information content (AvgIpc) is 3.16. The number of carboxylic acid groups (broad SMARTS) is 1. The number of thiophene rings is 1. The average molecular weight is 353 g/mol. The summed E-state index contributed by atoms with van der Waals surface area (Å²) in [6.45, 7) is 2.67.